The fourth-order valence-electron chi connectivity index (χ4n) is 8.58. The molecule has 7 aromatic carbocycles. The molecule has 0 saturated heterocycles. The minimum Gasteiger partial charge on any atom is -0.507 e. The average Bonchev–Trinajstić information content (AvgIpc) is 3.74. The molecular weight excluding hydrogens is 815 g/mol. The Hall–Kier alpha value is -7.04. The van der Waals surface area contributed by atoms with Crippen LogP contribution in [0.4, 0.5) is 0 Å². The van der Waals surface area contributed by atoms with Gasteiger partial charge in [0.2, 0.25) is 0 Å². The quantitative estimate of drug-likeness (QED) is 0.165. The Morgan fingerprint density at radius 3 is 1.78 bits per heavy atom. The first-order valence-corrected chi connectivity index (χ1v) is 23.0. The molecule has 9 aromatic rings. The molecular formula is C63H63N3O. The minimum atomic E-state index is -0.906. The number of phenols is 1. The SMILES string of the molecule is [2H]c1nc(-c2cc(-c3cccc4c3nc(-c3cc(C(C)(C)C)cc(C(C)(C)C)c3O)n4-c3ccc(C([2H])(C)C)cc3-c3ccccc3)cc(C(C)(C)C)c2)c([2H])c(-c2c([2H])c([2H])c(-c3ccccc3)c([2H])c2[2H])c1[2H]. The molecule has 0 aliphatic carbocycles. The van der Waals surface area contributed by atoms with Crippen LogP contribution in [0.2, 0.25) is 0 Å². The zero-order valence-electron chi connectivity index (χ0n) is 48.4. The lowest BCUT2D eigenvalue weighted by Gasteiger charge is -2.27. The number of aromatic nitrogens is 3. The summed E-state index contributed by atoms with van der Waals surface area (Å²) in [5.74, 6) is -0.269. The smallest absolute Gasteiger partial charge is 0.149 e. The molecule has 0 amide bonds. The highest BCUT2D eigenvalue weighted by atomic mass is 16.3. The fourth-order valence-corrected chi connectivity index (χ4v) is 8.58. The van der Waals surface area contributed by atoms with Gasteiger partial charge in [-0.05, 0) is 121 Å². The predicted molar refractivity (Wildman–Crippen MR) is 283 cm³/mol. The first-order chi connectivity index (χ1) is 35.1. The number of hydrogen-bond donors (Lipinski definition) is 1. The summed E-state index contributed by atoms with van der Waals surface area (Å²) in [4.78, 5) is 10.1. The van der Waals surface area contributed by atoms with Gasteiger partial charge in [-0.1, -0.05) is 191 Å². The van der Waals surface area contributed by atoms with Crippen LogP contribution in [0, 0.1) is 0 Å². The highest BCUT2D eigenvalue weighted by molar-refractivity contribution is 5.98. The van der Waals surface area contributed by atoms with E-state index < -0.39 is 41.0 Å². The van der Waals surface area contributed by atoms with Gasteiger partial charge in [-0.15, -0.1) is 0 Å². The van der Waals surface area contributed by atoms with Crippen molar-refractivity contribution in [3.8, 4) is 78.6 Å². The molecule has 0 spiro atoms. The Balaban J connectivity index is 1.36. The number of rotatable bonds is 8. The van der Waals surface area contributed by atoms with E-state index in [4.69, 9.17) is 11.8 Å². The maximum atomic E-state index is 12.6. The van der Waals surface area contributed by atoms with Crippen LogP contribution in [-0.4, -0.2) is 19.6 Å². The zero-order chi connectivity index (χ0) is 54.4. The number of imidazole rings is 1. The Morgan fingerprint density at radius 2 is 1.15 bits per heavy atom. The van der Waals surface area contributed by atoms with E-state index in [9.17, 15) is 9.22 Å². The van der Waals surface area contributed by atoms with Gasteiger partial charge < -0.3 is 5.11 Å². The number of phenolic OH excluding ortho intramolecular Hbond substituents is 1. The summed E-state index contributed by atoms with van der Waals surface area (Å²) in [5, 5.41) is 12.6. The third-order valence-corrected chi connectivity index (χ3v) is 12.5. The fraction of sp³-hybridized carbons (Fsp3) is 0.238. The molecule has 2 heterocycles. The molecule has 0 unspecified atom stereocenters. The Labute approximate surface area is 409 Å². The average molecular weight is 886 g/mol. The van der Waals surface area contributed by atoms with Gasteiger partial charge >= 0.3 is 0 Å². The molecule has 0 aliphatic rings. The highest BCUT2D eigenvalue weighted by Crippen LogP contribution is 2.46. The van der Waals surface area contributed by atoms with Crippen molar-refractivity contribution in [3.63, 3.8) is 0 Å². The van der Waals surface area contributed by atoms with Gasteiger partial charge in [0.05, 0.1) is 37.6 Å². The Kier molecular flexibility index (Phi) is 9.33. The number of para-hydroxylation sites is 1. The van der Waals surface area contributed by atoms with Gasteiger partial charge in [-0.3, -0.25) is 9.55 Å². The molecule has 67 heavy (non-hydrogen) atoms. The van der Waals surface area contributed by atoms with Crippen molar-refractivity contribution in [1.29, 1.82) is 0 Å². The summed E-state index contributed by atoms with van der Waals surface area (Å²) in [6, 6.07) is 38.7. The predicted octanol–water partition coefficient (Wildman–Crippen LogP) is 17.1. The third-order valence-electron chi connectivity index (χ3n) is 12.5. The van der Waals surface area contributed by atoms with Gasteiger partial charge in [0.15, 0.2) is 0 Å². The van der Waals surface area contributed by atoms with Crippen molar-refractivity contribution in [2.45, 2.75) is 98.3 Å². The lowest BCUT2D eigenvalue weighted by atomic mass is 9.79. The van der Waals surface area contributed by atoms with Gasteiger partial charge in [0, 0.05) is 29.8 Å². The number of fused-ring (bicyclic) bond motifs is 1. The summed E-state index contributed by atoms with van der Waals surface area (Å²) in [5.41, 5.74) is 8.98. The van der Waals surface area contributed by atoms with Crippen LogP contribution < -0.4 is 0 Å². The van der Waals surface area contributed by atoms with Crippen molar-refractivity contribution in [2.75, 3.05) is 0 Å². The summed E-state index contributed by atoms with van der Waals surface area (Å²) >= 11 is 0. The second kappa shape index (κ2) is 17.3. The van der Waals surface area contributed by atoms with E-state index in [1.165, 1.54) is 0 Å². The van der Waals surface area contributed by atoms with Crippen LogP contribution in [0.25, 0.3) is 83.9 Å². The largest absolute Gasteiger partial charge is 0.507 e. The van der Waals surface area contributed by atoms with E-state index in [-0.39, 0.29) is 51.7 Å². The molecule has 0 radical (unpaired) electrons. The molecule has 0 atom stereocenters. The molecule has 0 fully saturated rings. The first kappa shape index (κ1) is 36.1. The topological polar surface area (TPSA) is 50.9 Å². The van der Waals surface area contributed by atoms with Gasteiger partial charge in [0.1, 0.15) is 11.6 Å². The van der Waals surface area contributed by atoms with Crippen molar-refractivity contribution >= 4 is 11.0 Å². The summed E-state index contributed by atoms with van der Waals surface area (Å²) in [6.07, 6.45) is -0.478. The minimum absolute atomic E-state index is 0.0456. The van der Waals surface area contributed by atoms with Crippen LogP contribution in [0.5, 0.6) is 5.75 Å². The van der Waals surface area contributed by atoms with E-state index in [1.807, 2.05) is 80.6 Å². The van der Waals surface area contributed by atoms with Crippen molar-refractivity contribution < 1.29 is 16.1 Å². The van der Waals surface area contributed by atoms with Crippen LogP contribution in [0.1, 0.15) is 115 Å². The number of benzene rings is 7. The molecule has 4 heteroatoms. The maximum absolute atomic E-state index is 12.6. The summed E-state index contributed by atoms with van der Waals surface area (Å²) in [6.45, 7) is 22.7. The van der Waals surface area contributed by atoms with Crippen LogP contribution in [-0.2, 0) is 16.2 Å². The second-order valence-electron chi connectivity index (χ2n) is 20.8. The third kappa shape index (κ3) is 8.98. The first-order valence-electron chi connectivity index (χ1n) is 27.0. The van der Waals surface area contributed by atoms with Crippen molar-refractivity contribution in [1.82, 2.24) is 14.5 Å². The molecule has 4 nitrogen and oxygen atoms in total. The Bertz CT molecular complexity index is 3700. The molecule has 2 aromatic heterocycles. The summed E-state index contributed by atoms with van der Waals surface area (Å²) < 4.78 is 75.6. The second-order valence-corrected chi connectivity index (χ2v) is 20.8. The normalized spacial score (nSPS) is 14.1. The zero-order valence-corrected chi connectivity index (χ0v) is 40.4. The number of aromatic hydroxyl groups is 1. The lowest BCUT2D eigenvalue weighted by molar-refractivity contribution is 0.446. The monoisotopic (exact) mass is 886 g/mol. The van der Waals surface area contributed by atoms with E-state index >= 15 is 0 Å². The van der Waals surface area contributed by atoms with Gasteiger partial charge in [-0.2, -0.15) is 0 Å². The molecule has 0 bridgehead atoms. The summed E-state index contributed by atoms with van der Waals surface area (Å²) in [7, 11) is 0. The highest BCUT2D eigenvalue weighted by Gasteiger charge is 2.30. The van der Waals surface area contributed by atoms with Crippen molar-refractivity contribution in [2.24, 2.45) is 0 Å². The van der Waals surface area contributed by atoms with E-state index in [2.05, 4.69) is 102 Å². The van der Waals surface area contributed by atoms with Gasteiger partial charge in [-0.25, -0.2) is 4.98 Å². The van der Waals surface area contributed by atoms with Crippen LogP contribution in [0.15, 0.2) is 170 Å². The lowest BCUT2D eigenvalue weighted by Crippen LogP contribution is -2.17. The van der Waals surface area contributed by atoms with E-state index in [1.54, 1.807) is 30.3 Å². The number of nitrogens with zero attached hydrogens (tertiary/aromatic N) is 3. The molecule has 1 N–H and O–H groups in total. The Morgan fingerprint density at radius 1 is 0.537 bits per heavy atom. The molecule has 0 aliphatic heterocycles. The number of hydrogen-bond acceptors (Lipinski definition) is 3. The number of pyridine rings is 1. The standard InChI is InChI=1S/C63H63N3O/c1-40(2)45-29-30-56(52(36-45)44-21-16-13-17-22-44)66-57-24-18-23-51(58(57)65-60(66)53-38-50(62(6,7)8)39-54(59(53)67)63(9,10)11)47-33-48(35-49(34-47)61(3,4)5)55-37-46(31-32-64-55)43-27-25-42(26-28-43)41-19-14-12-15-20-41/h12-40,67H,1-11H3/i25D,26D,27D,28D,31D,32D,37D,40D. The maximum Gasteiger partial charge on any atom is 0.149 e. The van der Waals surface area contributed by atoms with E-state index in [0.29, 0.717) is 28.0 Å². The van der Waals surface area contributed by atoms with E-state index in [0.717, 1.165) is 55.7 Å². The molecule has 0 saturated carbocycles. The van der Waals surface area contributed by atoms with Gasteiger partial charge in [0.25, 0.3) is 0 Å². The van der Waals surface area contributed by atoms with Crippen LogP contribution >= 0.6 is 0 Å². The van der Waals surface area contributed by atoms with Crippen LogP contribution in [0.3, 0.4) is 0 Å². The molecule has 9 rings (SSSR count). The van der Waals surface area contributed by atoms with Crippen molar-refractivity contribution in [3.05, 3.63) is 192 Å². The molecule has 336 valence electrons.